The predicted molar refractivity (Wildman–Crippen MR) is 77.1 cm³/mol. The average Bonchev–Trinajstić information content (AvgIpc) is 2.38. The van der Waals surface area contributed by atoms with Crippen molar-refractivity contribution < 1.29 is 18.3 Å². The van der Waals surface area contributed by atoms with E-state index in [0.717, 1.165) is 11.8 Å². The number of hydrogen-bond donors (Lipinski definition) is 2. The monoisotopic (exact) mass is 295 g/mol. The molecule has 1 rings (SSSR count). The Kier molecular flexibility index (Phi) is 6.22. The van der Waals surface area contributed by atoms with Gasteiger partial charge in [0.1, 0.15) is 9.84 Å². The molecular weight excluding hydrogens is 278 g/mol. The summed E-state index contributed by atoms with van der Waals surface area (Å²) in [6.07, 6.45) is 1.53. The van der Waals surface area contributed by atoms with E-state index >= 15 is 0 Å². The highest BCUT2D eigenvalue weighted by Crippen LogP contribution is 2.03. The highest BCUT2D eigenvalue weighted by molar-refractivity contribution is 7.90. The molecule has 0 aliphatic carbocycles. The van der Waals surface area contributed by atoms with E-state index in [0.29, 0.717) is 12.0 Å². The summed E-state index contributed by atoms with van der Waals surface area (Å²) in [7, 11) is -3.07. The van der Waals surface area contributed by atoms with Gasteiger partial charge < -0.3 is 10.4 Å². The lowest BCUT2D eigenvalue weighted by atomic mass is 10.1. The maximum absolute atomic E-state index is 11.7. The molecule has 0 aromatic heterocycles. The molecule has 1 aromatic carbocycles. The molecule has 0 spiro atoms. The molecule has 1 amide bonds. The van der Waals surface area contributed by atoms with Gasteiger partial charge in [0.15, 0.2) is 0 Å². The molecular formula is C14H17NO4S. The molecule has 0 saturated heterocycles. The molecule has 0 unspecified atom stereocenters. The third kappa shape index (κ3) is 6.36. The molecule has 0 aliphatic heterocycles. The summed E-state index contributed by atoms with van der Waals surface area (Å²) in [6, 6.07) is 6.66. The third-order valence-corrected chi connectivity index (χ3v) is 3.32. The first-order valence-electron chi connectivity index (χ1n) is 6.08. The number of carbonyl (C=O) groups excluding carboxylic acids is 1. The predicted octanol–water partition coefficient (Wildman–Crippen LogP) is 0.195. The van der Waals surface area contributed by atoms with Crippen molar-refractivity contribution in [3.8, 4) is 11.8 Å². The Hall–Kier alpha value is -1.84. The lowest BCUT2D eigenvalue weighted by molar-refractivity contribution is 0.0956. The molecule has 6 heteroatoms. The maximum Gasteiger partial charge on any atom is 0.251 e. The highest BCUT2D eigenvalue weighted by atomic mass is 32.2. The minimum Gasteiger partial charge on any atom is -0.395 e. The Morgan fingerprint density at radius 2 is 1.95 bits per heavy atom. The fraction of sp³-hybridized carbons (Fsp3) is 0.357. The largest absolute Gasteiger partial charge is 0.395 e. The van der Waals surface area contributed by atoms with Crippen molar-refractivity contribution in [2.75, 3.05) is 25.2 Å². The molecule has 0 bridgehead atoms. The van der Waals surface area contributed by atoms with Gasteiger partial charge >= 0.3 is 0 Å². The summed E-state index contributed by atoms with van der Waals surface area (Å²) in [5.41, 5.74) is 1.21. The fourth-order valence-electron chi connectivity index (χ4n) is 1.38. The Morgan fingerprint density at radius 1 is 1.30 bits per heavy atom. The second kappa shape index (κ2) is 7.68. The summed E-state index contributed by atoms with van der Waals surface area (Å²) in [5, 5.41) is 11.1. The van der Waals surface area contributed by atoms with Crippen LogP contribution in [0.4, 0.5) is 0 Å². The van der Waals surface area contributed by atoms with E-state index in [1.807, 2.05) is 0 Å². The molecule has 0 atom stereocenters. The SMILES string of the molecule is CS(=O)(=O)CCNC(=O)c1ccc(C#CCCO)cc1. The normalized spacial score (nSPS) is 10.5. The van der Waals surface area contributed by atoms with E-state index in [1.54, 1.807) is 24.3 Å². The molecule has 2 N–H and O–H groups in total. The Morgan fingerprint density at radius 3 is 2.50 bits per heavy atom. The van der Waals surface area contributed by atoms with E-state index < -0.39 is 9.84 Å². The van der Waals surface area contributed by atoms with E-state index in [4.69, 9.17) is 5.11 Å². The van der Waals surface area contributed by atoms with Crippen LogP contribution in [0.25, 0.3) is 0 Å². The van der Waals surface area contributed by atoms with Crippen LogP contribution < -0.4 is 5.32 Å². The van der Waals surface area contributed by atoms with Gasteiger partial charge in [-0.2, -0.15) is 0 Å². The van der Waals surface area contributed by atoms with Gasteiger partial charge in [-0.25, -0.2) is 8.42 Å². The number of aliphatic hydroxyl groups excluding tert-OH is 1. The van der Waals surface area contributed by atoms with E-state index in [2.05, 4.69) is 17.2 Å². The Labute approximate surface area is 118 Å². The van der Waals surface area contributed by atoms with E-state index in [1.165, 1.54) is 0 Å². The van der Waals surface area contributed by atoms with Crippen LogP contribution in [0.3, 0.4) is 0 Å². The number of nitrogens with one attached hydrogen (secondary N) is 1. The first-order valence-corrected chi connectivity index (χ1v) is 8.14. The van der Waals surface area contributed by atoms with Crippen molar-refractivity contribution in [1.82, 2.24) is 5.32 Å². The third-order valence-electron chi connectivity index (χ3n) is 2.38. The Balaban J connectivity index is 2.56. The number of hydrogen-bond acceptors (Lipinski definition) is 4. The van der Waals surface area contributed by atoms with Gasteiger partial charge in [0.25, 0.3) is 5.91 Å². The summed E-state index contributed by atoms with van der Waals surface area (Å²) >= 11 is 0. The van der Waals surface area contributed by atoms with Crippen LogP contribution in [0.5, 0.6) is 0 Å². The van der Waals surface area contributed by atoms with E-state index in [-0.39, 0.29) is 24.8 Å². The highest BCUT2D eigenvalue weighted by Gasteiger charge is 2.06. The van der Waals surface area contributed by atoms with Crippen LogP contribution in [-0.2, 0) is 9.84 Å². The first kappa shape index (κ1) is 16.2. The van der Waals surface area contributed by atoms with Crippen LogP contribution in [0.2, 0.25) is 0 Å². The van der Waals surface area contributed by atoms with E-state index in [9.17, 15) is 13.2 Å². The standard InChI is InChI=1S/C14H17NO4S/c1-20(18,19)11-9-15-14(17)13-7-5-12(6-8-13)4-2-3-10-16/h5-8,16H,3,9-11H2,1H3,(H,15,17). The second-order valence-electron chi connectivity index (χ2n) is 4.24. The molecule has 0 aliphatic rings. The molecule has 0 fully saturated rings. The quantitative estimate of drug-likeness (QED) is 0.760. The van der Waals surface area contributed by atoms with Gasteiger partial charge in [-0.15, -0.1) is 0 Å². The average molecular weight is 295 g/mol. The van der Waals surface area contributed by atoms with Gasteiger partial charge in [-0.1, -0.05) is 11.8 Å². The van der Waals surface area contributed by atoms with Crippen molar-refractivity contribution in [3.63, 3.8) is 0 Å². The Bertz CT molecular complexity index is 609. The molecule has 0 heterocycles. The minimum absolute atomic E-state index is 0.0217. The van der Waals surface area contributed by atoms with Gasteiger partial charge in [0.2, 0.25) is 0 Å². The first-order chi connectivity index (χ1) is 9.42. The minimum atomic E-state index is -3.07. The van der Waals surface area contributed by atoms with Crippen molar-refractivity contribution in [2.45, 2.75) is 6.42 Å². The van der Waals surface area contributed by atoms with Crippen LogP contribution in [0.15, 0.2) is 24.3 Å². The number of rotatable bonds is 5. The lowest BCUT2D eigenvalue weighted by Crippen LogP contribution is -2.28. The van der Waals surface area contributed by atoms with Gasteiger partial charge in [0, 0.05) is 30.3 Å². The summed E-state index contributed by atoms with van der Waals surface area (Å²) < 4.78 is 21.9. The van der Waals surface area contributed by atoms with Gasteiger partial charge in [-0.3, -0.25) is 4.79 Å². The van der Waals surface area contributed by atoms with Gasteiger partial charge in [0.05, 0.1) is 12.4 Å². The zero-order chi connectivity index (χ0) is 15.0. The van der Waals surface area contributed by atoms with Crippen molar-refractivity contribution in [3.05, 3.63) is 35.4 Å². The topological polar surface area (TPSA) is 83.5 Å². The van der Waals surface area contributed by atoms with Crippen molar-refractivity contribution in [1.29, 1.82) is 0 Å². The van der Waals surface area contributed by atoms with Crippen molar-refractivity contribution >= 4 is 15.7 Å². The van der Waals surface area contributed by atoms with Crippen LogP contribution >= 0.6 is 0 Å². The number of benzene rings is 1. The van der Waals surface area contributed by atoms with Crippen molar-refractivity contribution in [2.24, 2.45) is 0 Å². The zero-order valence-electron chi connectivity index (χ0n) is 11.2. The molecule has 5 nitrogen and oxygen atoms in total. The summed E-state index contributed by atoms with van der Waals surface area (Å²) in [6.45, 7) is 0.115. The number of amides is 1. The van der Waals surface area contributed by atoms with Crippen LogP contribution in [-0.4, -0.2) is 44.6 Å². The molecule has 1 aromatic rings. The lowest BCUT2D eigenvalue weighted by Gasteiger charge is -2.04. The van der Waals surface area contributed by atoms with Gasteiger partial charge in [-0.05, 0) is 24.3 Å². The smallest absolute Gasteiger partial charge is 0.251 e. The zero-order valence-corrected chi connectivity index (χ0v) is 12.0. The van der Waals surface area contributed by atoms with Crippen LogP contribution in [0.1, 0.15) is 22.3 Å². The number of carbonyl (C=O) groups is 1. The van der Waals surface area contributed by atoms with Crippen LogP contribution in [0, 0.1) is 11.8 Å². The molecule has 20 heavy (non-hydrogen) atoms. The molecule has 0 saturated carbocycles. The maximum atomic E-state index is 11.7. The fourth-order valence-corrected chi connectivity index (χ4v) is 1.85. The summed E-state index contributed by atoms with van der Waals surface area (Å²) in [5.74, 6) is 5.24. The molecule has 0 radical (unpaired) electrons. The number of aliphatic hydroxyl groups is 1. The second-order valence-corrected chi connectivity index (χ2v) is 6.50. The molecule has 108 valence electrons. The summed E-state index contributed by atoms with van der Waals surface area (Å²) in [4.78, 5) is 11.7. The number of sulfone groups is 1.